The van der Waals surface area contributed by atoms with E-state index in [9.17, 15) is 9.59 Å². The molecule has 0 bridgehead atoms. The van der Waals surface area contributed by atoms with Crippen molar-refractivity contribution in [3.63, 3.8) is 0 Å². The maximum Gasteiger partial charge on any atom is 0.410 e. The first-order valence-electron chi connectivity index (χ1n) is 9.45. The molecule has 2 rings (SSSR count). The third kappa shape index (κ3) is 5.12. The Balaban J connectivity index is 1.89. The molecule has 0 aromatic carbocycles. The van der Waals surface area contributed by atoms with Crippen LogP contribution in [0.3, 0.4) is 0 Å². The van der Waals surface area contributed by atoms with Crippen molar-refractivity contribution >= 4 is 12.0 Å². The Labute approximate surface area is 146 Å². The molecule has 1 saturated carbocycles. The summed E-state index contributed by atoms with van der Waals surface area (Å²) < 4.78 is 5.44. The van der Waals surface area contributed by atoms with Gasteiger partial charge in [0.2, 0.25) is 5.91 Å². The van der Waals surface area contributed by atoms with Gasteiger partial charge in [0.1, 0.15) is 5.60 Å². The van der Waals surface area contributed by atoms with Crippen molar-refractivity contribution in [2.45, 2.75) is 78.4 Å². The summed E-state index contributed by atoms with van der Waals surface area (Å²) in [5, 5.41) is 3.26. The van der Waals surface area contributed by atoms with Crippen LogP contribution in [0.5, 0.6) is 0 Å². The van der Waals surface area contributed by atoms with Gasteiger partial charge in [-0.05, 0) is 51.9 Å². The molecule has 1 aliphatic heterocycles. The molecular formula is C19H34N2O3. The van der Waals surface area contributed by atoms with E-state index in [1.807, 2.05) is 20.8 Å². The van der Waals surface area contributed by atoms with Crippen LogP contribution >= 0.6 is 0 Å². The topological polar surface area (TPSA) is 58.6 Å². The average molecular weight is 338 g/mol. The van der Waals surface area contributed by atoms with Gasteiger partial charge < -0.3 is 15.0 Å². The number of carbonyl (C=O) groups excluding carboxylic acids is 2. The minimum absolute atomic E-state index is 0.106. The van der Waals surface area contributed by atoms with Crippen molar-refractivity contribution in [1.29, 1.82) is 0 Å². The van der Waals surface area contributed by atoms with Gasteiger partial charge in [0, 0.05) is 19.1 Å². The molecule has 0 unspecified atom stereocenters. The summed E-state index contributed by atoms with van der Waals surface area (Å²) in [5.74, 6) is 1.17. The van der Waals surface area contributed by atoms with Gasteiger partial charge >= 0.3 is 6.09 Å². The molecule has 2 fully saturated rings. The Morgan fingerprint density at radius 2 is 1.79 bits per heavy atom. The lowest BCUT2D eigenvalue weighted by Crippen LogP contribution is -2.50. The summed E-state index contributed by atoms with van der Waals surface area (Å²) >= 11 is 0. The molecule has 5 heteroatoms. The van der Waals surface area contributed by atoms with Crippen molar-refractivity contribution in [3.8, 4) is 0 Å². The van der Waals surface area contributed by atoms with Gasteiger partial charge in [-0.2, -0.15) is 0 Å². The SMILES string of the molecule is C[C@@H]1[C@H](C)CCC[C@@H]1NC(=O)[C@@H]1CCCN(C(=O)OC(C)(C)C)C1. The maximum absolute atomic E-state index is 12.7. The van der Waals surface area contributed by atoms with Crippen LogP contribution in [0.4, 0.5) is 4.79 Å². The third-order valence-electron chi connectivity index (χ3n) is 5.48. The second kappa shape index (κ2) is 7.75. The highest BCUT2D eigenvalue weighted by atomic mass is 16.6. The van der Waals surface area contributed by atoms with Gasteiger partial charge in [0.05, 0.1) is 5.92 Å². The molecule has 138 valence electrons. The van der Waals surface area contributed by atoms with Crippen LogP contribution < -0.4 is 5.32 Å². The molecule has 1 N–H and O–H groups in total. The van der Waals surface area contributed by atoms with Gasteiger partial charge in [0.15, 0.2) is 0 Å². The smallest absolute Gasteiger partial charge is 0.410 e. The zero-order chi connectivity index (χ0) is 17.9. The van der Waals surface area contributed by atoms with E-state index in [2.05, 4.69) is 19.2 Å². The molecule has 24 heavy (non-hydrogen) atoms. The summed E-state index contributed by atoms with van der Waals surface area (Å²) in [7, 11) is 0. The third-order valence-corrected chi connectivity index (χ3v) is 5.48. The number of rotatable bonds is 2. The predicted molar refractivity (Wildman–Crippen MR) is 94.6 cm³/mol. The molecular weight excluding hydrogens is 304 g/mol. The lowest BCUT2D eigenvalue weighted by Gasteiger charge is -2.37. The highest BCUT2D eigenvalue weighted by Crippen LogP contribution is 2.30. The largest absolute Gasteiger partial charge is 0.444 e. The van der Waals surface area contributed by atoms with Crippen molar-refractivity contribution in [2.24, 2.45) is 17.8 Å². The minimum atomic E-state index is -0.500. The first-order valence-corrected chi connectivity index (χ1v) is 9.45. The number of hydrogen-bond acceptors (Lipinski definition) is 3. The summed E-state index contributed by atoms with van der Waals surface area (Å²) in [6.07, 6.45) is 4.91. The molecule has 4 atom stereocenters. The normalized spacial score (nSPS) is 31.5. The second-order valence-corrected chi connectivity index (χ2v) is 8.65. The monoisotopic (exact) mass is 338 g/mol. The molecule has 2 aliphatic rings. The van der Waals surface area contributed by atoms with Crippen LogP contribution in [0.1, 0.15) is 66.7 Å². The van der Waals surface area contributed by atoms with Gasteiger partial charge in [-0.3, -0.25) is 4.79 Å². The van der Waals surface area contributed by atoms with Gasteiger partial charge in [-0.15, -0.1) is 0 Å². The first kappa shape index (κ1) is 19.1. The van der Waals surface area contributed by atoms with Crippen molar-refractivity contribution in [3.05, 3.63) is 0 Å². The molecule has 1 saturated heterocycles. The van der Waals surface area contributed by atoms with Crippen LogP contribution in [0, 0.1) is 17.8 Å². The fraction of sp³-hybridized carbons (Fsp3) is 0.895. The minimum Gasteiger partial charge on any atom is -0.444 e. The summed E-state index contributed by atoms with van der Waals surface area (Å²) in [6, 6.07) is 0.276. The van der Waals surface area contributed by atoms with Crippen LogP contribution in [0.2, 0.25) is 0 Å². The number of amides is 2. The van der Waals surface area contributed by atoms with E-state index in [-0.39, 0.29) is 24.0 Å². The van der Waals surface area contributed by atoms with Gasteiger partial charge in [-0.1, -0.05) is 26.7 Å². The number of ether oxygens (including phenoxy) is 1. The molecule has 0 radical (unpaired) electrons. The fourth-order valence-corrected chi connectivity index (χ4v) is 3.77. The van der Waals surface area contributed by atoms with E-state index in [1.54, 1.807) is 4.90 Å². The second-order valence-electron chi connectivity index (χ2n) is 8.65. The Bertz CT molecular complexity index is 458. The number of nitrogens with one attached hydrogen (secondary N) is 1. The number of carbonyl (C=O) groups is 2. The van der Waals surface area contributed by atoms with Crippen LogP contribution in [-0.4, -0.2) is 41.6 Å². The maximum atomic E-state index is 12.7. The molecule has 1 aliphatic carbocycles. The Morgan fingerprint density at radius 3 is 2.46 bits per heavy atom. The van der Waals surface area contributed by atoms with Crippen LogP contribution in [-0.2, 0) is 9.53 Å². The lowest BCUT2D eigenvalue weighted by molar-refractivity contribution is -0.128. The molecule has 2 amide bonds. The quantitative estimate of drug-likeness (QED) is 0.837. The Hall–Kier alpha value is -1.26. The van der Waals surface area contributed by atoms with E-state index in [4.69, 9.17) is 4.74 Å². The fourth-order valence-electron chi connectivity index (χ4n) is 3.77. The first-order chi connectivity index (χ1) is 11.2. The average Bonchev–Trinajstić information content (AvgIpc) is 2.50. The van der Waals surface area contributed by atoms with Gasteiger partial charge in [-0.25, -0.2) is 4.79 Å². The number of hydrogen-bond donors (Lipinski definition) is 1. The van der Waals surface area contributed by atoms with E-state index in [1.165, 1.54) is 12.8 Å². The number of nitrogens with zero attached hydrogens (tertiary/aromatic N) is 1. The Morgan fingerprint density at radius 1 is 1.08 bits per heavy atom. The summed E-state index contributed by atoms with van der Waals surface area (Å²) in [5.41, 5.74) is -0.500. The standard InChI is InChI=1S/C19H34N2O3/c1-13-8-6-10-16(14(13)2)20-17(22)15-9-7-11-21(12-15)18(23)24-19(3,4)5/h13-16H,6-12H2,1-5H3,(H,20,22)/t13-,14-,15-,16+/m1/s1. The van der Waals surface area contributed by atoms with Crippen LogP contribution in [0.15, 0.2) is 0 Å². The van der Waals surface area contributed by atoms with E-state index >= 15 is 0 Å². The summed E-state index contributed by atoms with van der Waals surface area (Å²) in [4.78, 5) is 26.6. The van der Waals surface area contributed by atoms with Crippen molar-refractivity contribution in [2.75, 3.05) is 13.1 Å². The van der Waals surface area contributed by atoms with Crippen molar-refractivity contribution in [1.82, 2.24) is 10.2 Å². The molecule has 0 aromatic rings. The zero-order valence-electron chi connectivity index (χ0n) is 15.9. The molecule has 0 spiro atoms. The van der Waals surface area contributed by atoms with E-state index < -0.39 is 5.60 Å². The number of piperidine rings is 1. The van der Waals surface area contributed by atoms with Crippen molar-refractivity contribution < 1.29 is 14.3 Å². The van der Waals surface area contributed by atoms with Gasteiger partial charge in [0.25, 0.3) is 0 Å². The number of likely N-dealkylation sites (tertiary alicyclic amines) is 1. The lowest BCUT2D eigenvalue weighted by atomic mass is 9.78. The van der Waals surface area contributed by atoms with Crippen LogP contribution in [0.25, 0.3) is 0 Å². The zero-order valence-corrected chi connectivity index (χ0v) is 15.9. The van der Waals surface area contributed by atoms with E-state index in [0.29, 0.717) is 24.9 Å². The molecule has 1 heterocycles. The predicted octanol–water partition coefficient (Wildman–Crippen LogP) is 3.57. The summed E-state index contributed by atoms with van der Waals surface area (Å²) in [6.45, 7) is 11.3. The highest BCUT2D eigenvalue weighted by molar-refractivity contribution is 5.80. The molecule has 5 nitrogen and oxygen atoms in total. The van der Waals surface area contributed by atoms with E-state index in [0.717, 1.165) is 19.3 Å². The highest BCUT2D eigenvalue weighted by Gasteiger charge is 2.34. The molecule has 0 aromatic heterocycles. The Kier molecular flexibility index (Phi) is 6.16.